The molecule has 0 spiro atoms. The lowest BCUT2D eigenvalue weighted by molar-refractivity contribution is 0.593. The fourth-order valence-corrected chi connectivity index (χ4v) is 2.30. The average molecular weight is 189 g/mol. The summed E-state index contributed by atoms with van der Waals surface area (Å²) in [7, 11) is 0. The molecule has 1 fully saturated rings. The summed E-state index contributed by atoms with van der Waals surface area (Å²) in [6.45, 7) is 6.56. The topological polar surface area (TPSA) is 26.0 Å². The summed E-state index contributed by atoms with van der Waals surface area (Å²) in [5.74, 6) is 1.54. The molecule has 1 nitrogen and oxygen atoms in total. The predicted octanol–water partition coefficient (Wildman–Crippen LogP) is 2.96. The number of hydrogen-bond acceptors (Lipinski definition) is 1. The van der Waals surface area contributed by atoms with E-state index in [2.05, 4.69) is 39.0 Å². The lowest BCUT2D eigenvalue weighted by Gasteiger charge is -2.13. The van der Waals surface area contributed by atoms with Gasteiger partial charge in [-0.15, -0.1) is 0 Å². The first-order chi connectivity index (χ1) is 6.58. The maximum absolute atomic E-state index is 6.23. The lowest BCUT2D eigenvalue weighted by atomic mass is 9.98. The van der Waals surface area contributed by atoms with Crippen LogP contribution < -0.4 is 5.73 Å². The van der Waals surface area contributed by atoms with Crippen molar-refractivity contribution in [2.45, 2.75) is 33.2 Å². The van der Waals surface area contributed by atoms with E-state index in [1.807, 2.05) is 0 Å². The number of rotatable bonds is 2. The zero-order chi connectivity index (χ0) is 10.3. The van der Waals surface area contributed by atoms with Gasteiger partial charge in [-0.25, -0.2) is 0 Å². The minimum Gasteiger partial charge on any atom is -0.324 e. The molecule has 2 rings (SSSR count). The van der Waals surface area contributed by atoms with E-state index in [4.69, 9.17) is 5.73 Å². The number of nitrogens with two attached hydrogens (primary N) is 1. The summed E-state index contributed by atoms with van der Waals surface area (Å²) >= 11 is 0. The van der Waals surface area contributed by atoms with Crippen molar-refractivity contribution in [2.24, 2.45) is 17.6 Å². The van der Waals surface area contributed by atoms with Gasteiger partial charge in [0.1, 0.15) is 0 Å². The van der Waals surface area contributed by atoms with Gasteiger partial charge in [0.25, 0.3) is 0 Å². The third-order valence-electron chi connectivity index (χ3n) is 3.26. The molecule has 0 heterocycles. The first-order valence-corrected chi connectivity index (χ1v) is 5.41. The highest BCUT2D eigenvalue weighted by molar-refractivity contribution is 5.31. The second-order valence-electron chi connectivity index (χ2n) is 4.82. The Bertz CT molecular complexity index is 323. The lowest BCUT2D eigenvalue weighted by Crippen LogP contribution is -2.13. The number of hydrogen-bond donors (Lipinski definition) is 1. The molecule has 1 aliphatic rings. The Kier molecular flexibility index (Phi) is 2.36. The zero-order valence-electron chi connectivity index (χ0n) is 9.25. The quantitative estimate of drug-likeness (QED) is 0.760. The van der Waals surface area contributed by atoms with Crippen molar-refractivity contribution >= 4 is 0 Å². The van der Waals surface area contributed by atoms with Crippen LogP contribution in [-0.4, -0.2) is 0 Å². The van der Waals surface area contributed by atoms with Crippen LogP contribution in [0.5, 0.6) is 0 Å². The van der Waals surface area contributed by atoms with Gasteiger partial charge in [-0.1, -0.05) is 36.2 Å². The van der Waals surface area contributed by atoms with Crippen molar-refractivity contribution in [1.29, 1.82) is 0 Å². The molecule has 14 heavy (non-hydrogen) atoms. The molecule has 0 amide bonds. The predicted molar refractivity (Wildman–Crippen MR) is 60.1 cm³/mol. The maximum Gasteiger partial charge on any atom is 0.0326 e. The van der Waals surface area contributed by atoms with Gasteiger partial charge in [-0.2, -0.15) is 0 Å². The molecule has 0 bridgehead atoms. The second-order valence-corrected chi connectivity index (χ2v) is 4.82. The molecule has 0 aliphatic heterocycles. The molecule has 1 aromatic rings. The Hall–Kier alpha value is -0.820. The number of benzene rings is 1. The van der Waals surface area contributed by atoms with Crippen LogP contribution in [0.3, 0.4) is 0 Å². The van der Waals surface area contributed by atoms with E-state index in [0.717, 1.165) is 11.8 Å². The van der Waals surface area contributed by atoms with Gasteiger partial charge in [0.15, 0.2) is 0 Å². The van der Waals surface area contributed by atoms with Crippen molar-refractivity contribution in [2.75, 3.05) is 0 Å². The molecule has 0 radical (unpaired) electrons. The van der Waals surface area contributed by atoms with Gasteiger partial charge in [-0.05, 0) is 37.7 Å². The highest BCUT2D eigenvalue weighted by Gasteiger charge is 2.38. The Morgan fingerprint density at radius 2 is 1.71 bits per heavy atom. The van der Waals surface area contributed by atoms with Gasteiger partial charge < -0.3 is 5.73 Å². The molecule has 0 saturated heterocycles. The van der Waals surface area contributed by atoms with E-state index in [1.165, 1.54) is 23.1 Å². The van der Waals surface area contributed by atoms with Gasteiger partial charge >= 0.3 is 0 Å². The van der Waals surface area contributed by atoms with Crippen LogP contribution in [0.25, 0.3) is 0 Å². The largest absolute Gasteiger partial charge is 0.324 e. The molecule has 3 atom stereocenters. The van der Waals surface area contributed by atoms with Gasteiger partial charge in [-0.3, -0.25) is 0 Å². The fourth-order valence-electron chi connectivity index (χ4n) is 2.30. The van der Waals surface area contributed by atoms with Crippen LogP contribution in [0.1, 0.15) is 36.1 Å². The number of aryl methyl sites for hydroxylation is 2. The van der Waals surface area contributed by atoms with E-state index in [1.54, 1.807) is 0 Å². The highest BCUT2D eigenvalue weighted by Crippen LogP contribution is 2.45. The molecule has 0 aromatic heterocycles. The third kappa shape index (κ3) is 1.83. The Morgan fingerprint density at radius 3 is 2.14 bits per heavy atom. The molecule has 76 valence electrons. The summed E-state index contributed by atoms with van der Waals surface area (Å²) in [4.78, 5) is 0. The maximum atomic E-state index is 6.23. The SMILES string of the molecule is Cc1cc(C)cc(C(N)C2CC2C)c1. The fraction of sp³-hybridized carbons (Fsp3) is 0.538. The van der Waals surface area contributed by atoms with Crippen molar-refractivity contribution < 1.29 is 0 Å². The molecule has 1 aliphatic carbocycles. The standard InChI is InChI=1S/C13H19N/c1-8-4-9(2)6-11(5-8)13(14)12-7-10(12)3/h4-6,10,12-13H,7,14H2,1-3H3. The molecule has 1 heteroatoms. The minimum atomic E-state index is 0.253. The van der Waals surface area contributed by atoms with Gasteiger partial charge in [0, 0.05) is 6.04 Å². The Balaban J connectivity index is 2.23. The second kappa shape index (κ2) is 3.39. The first kappa shape index (κ1) is 9.72. The zero-order valence-corrected chi connectivity index (χ0v) is 9.25. The first-order valence-electron chi connectivity index (χ1n) is 5.41. The van der Waals surface area contributed by atoms with E-state index in [-0.39, 0.29) is 6.04 Å². The Morgan fingerprint density at radius 1 is 1.21 bits per heavy atom. The van der Waals surface area contributed by atoms with Gasteiger partial charge in [0.05, 0.1) is 0 Å². The molecule has 1 aromatic carbocycles. The third-order valence-corrected chi connectivity index (χ3v) is 3.26. The van der Waals surface area contributed by atoms with E-state index < -0.39 is 0 Å². The van der Waals surface area contributed by atoms with Crippen molar-refractivity contribution in [1.82, 2.24) is 0 Å². The van der Waals surface area contributed by atoms with Crippen molar-refractivity contribution in [3.05, 3.63) is 34.9 Å². The van der Waals surface area contributed by atoms with Crippen LogP contribution in [-0.2, 0) is 0 Å². The minimum absolute atomic E-state index is 0.253. The van der Waals surface area contributed by atoms with Crippen LogP contribution in [0.4, 0.5) is 0 Å². The van der Waals surface area contributed by atoms with E-state index in [0.29, 0.717) is 0 Å². The summed E-state index contributed by atoms with van der Waals surface area (Å²) in [5, 5.41) is 0. The molecule has 2 N–H and O–H groups in total. The summed E-state index contributed by atoms with van der Waals surface area (Å²) in [5.41, 5.74) is 10.2. The van der Waals surface area contributed by atoms with Crippen LogP contribution >= 0.6 is 0 Å². The monoisotopic (exact) mass is 189 g/mol. The van der Waals surface area contributed by atoms with Crippen LogP contribution in [0, 0.1) is 25.7 Å². The van der Waals surface area contributed by atoms with E-state index >= 15 is 0 Å². The van der Waals surface area contributed by atoms with Crippen LogP contribution in [0.2, 0.25) is 0 Å². The van der Waals surface area contributed by atoms with Crippen molar-refractivity contribution in [3.8, 4) is 0 Å². The summed E-state index contributed by atoms with van der Waals surface area (Å²) in [6, 6.07) is 6.90. The molecular weight excluding hydrogens is 170 g/mol. The van der Waals surface area contributed by atoms with Crippen LogP contribution in [0.15, 0.2) is 18.2 Å². The normalized spacial score (nSPS) is 27.4. The smallest absolute Gasteiger partial charge is 0.0326 e. The molecule has 3 unspecified atom stereocenters. The van der Waals surface area contributed by atoms with Gasteiger partial charge in [0.2, 0.25) is 0 Å². The summed E-state index contributed by atoms with van der Waals surface area (Å²) < 4.78 is 0. The average Bonchev–Trinajstić information content (AvgIpc) is 2.79. The molecule has 1 saturated carbocycles. The highest BCUT2D eigenvalue weighted by atomic mass is 14.7. The van der Waals surface area contributed by atoms with Crippen molar-refractivity contribution in [3.63, 3.8) is 0 Å². The summed E-state index contributed by atoms with van der Waals surface area (Å²) in [6.07, 6.45) is 1.30. The Labute approximate surface area is 86.3 Å². The van der Waals surface area contributed by atoms with E-state index in [9.17, 15) is 0 Å². The molecular formula is C13H19N.